The number of aromatic nitrogens is 2. The summed E-state index contributed by atoms with van der Waals surface area (Å²) in [7, 11) is 1.83. The van der Waals surface area contributed by atoms with Gasteiger partial charge in [0.15, 0.2) is 0 Å². The maximum atomic E-state index is 6.08. The SMILES string of the molecule is Cc1ccnc(-c2cc(C)c(OCc3c(C)cccc3N(C)N)nc2C)c1. The Bertz CT molecular complexity index is 967. The standard InChI is InChI=1S/C22H26N4O/c1-14-9-10-24-20(11-14)18-12-16(3)22(25-17(18)4)27-13-19-15(2)7-6-8-21(19)26(5)23/h6-12H,13,23H2,1-5H3. The molecule has 5 nitrogen and oxygen atoms in total. The Kier molecular flexibility index (Phi) is 5.42. The Hall–Kier alpha value is -2.92. The van der Waals surface area contributed by atoms with E-state index in [2.05, 4.69) is 37.0 Å². The van der Waals surface area contributed by atoms with Crippen LogP contribution in [0.1, 0.15) is 27.9 Å². The number of nitrogens with zero attached hydrogens (tertiary/aromatic N) is 3. The van der Waals surface area contributed by atoms with E-state index in [-0.39, 0.29) is 0 Å². The van der Waals surface area contributed by atoms with Gasteiger partial charge in [-0.25, -0.2) is 10.8 Å². The van der Waals surface area contributed by atoms with Crippen LogP contribution >= 0.6 is 0 Å². The number of hydrazine groups is 1. The molecule has 0 radical (unpaired) electrons. The first-order chi connectivity index (χ1) is 12.9. The highest BCUT2D eigenvalue weighted by Crippen LogP contribution is 2.28. The average molecular weight is 362 g/mol. The lowest BCUT2D eigenvalue weighted by Crippen LogP contribution is -2.26. The summed E-state index contributed by atoms with van der Waals surface area (Å²) in [5.41, 5.74) is 8.16. The molecule has 27 heavy (non-hydrogen) atoms. The van der Waals surface area contributed by atoms with Crippen LogP contribution in [-0.4, -0.2) is 17.0 Å². The van der Waals surface area contributed by atoms with Crippen LogP contribution in [0.3, 0.4) is 0 Å². The number of ether oxygens (including phenoxy) is 1. The molecule has 140 valence electrons. The van der Waals surface area contributed by atoms with Crippen molar-refractivity contribution in [3.8, 4) is 17.1 Å². The molecule has 0 saturated heterocycles. The van der Waals surface area contributed by atoms with Crippen LogP contribution in [0.25, 0.3) is 11.3 Å². The van der Waals surface area contributed by atoms with E-state index >= 15 is 0 Å². The largest absolute Gasteiger partial charge is 0.473 e. The predicted octanol–water partition coefficient (Wildman–Crippen LogP) is 4.27. The lowest BCUT2D eigenvalue weighted by atomic mass is 10.1. The van der Waals surface area contributed by atoms with Gasteiger partial charge < -0.3 is 9.75 Å². The zero-order valence-electron chi connectivity index (χ0n) is 16.6. The van der Waals surface area contributed by atoms with Crippen molar-refractivity contribution in [3.63, 3.8) is 0 Å². The van der Waals surface area contributed by atoms with Crippen molar-refractivity contribution >= 4 is 5.69 Å². The number of hydrogen-bond acceptors (Lipinski definition) is 5. The van der Waals surface area contributed by atoms with Crippen LogP contribution in [0.15, 0.2) is 42.6 Å². The van der Waals surface area contributed by atoms with Gasteiger partial charge in [0.05, 0.1) is 17.1 Å². The highest BCUT2D eigenvalue weighted by molar-refractivity contribution is 5.64. The molecule has 0 bridgehead atoms. The summed E-state index contributed by atoms with van der Waals surface area (Å²) in [6.45, 7) is 8.53. The fraction of sp³-hybridized carbons (Fsp3) is 0.273. The molecule has 0 aliphatic carbocycles. The molecular weight excluding hydrogens is 336 g/mol. The van der Waals surface area contributed by atoms with Gasteiger partial charge >= 0.3 is 0 Å². The van der Waals surface area contributed by atoms with Crippen LogP contribution in [-0.2, 0) is 6.61 Å². The lowest BCUT2D eigenvalue weighted by molar-refractivity contribution is 0.290. The van der Waals surface area contributed by atoms with Gasteiger partial charge in [0.25, 0.3) is 0 Å². The van der Waals surface area contributed by atoms with Crippen molar-refractivity contribution in [1.82, 2.24) is 9.97 Å². The normalized spacial score (nSPS) is 10.7. The van der Waals surface area contributed by atoms with Crippen LogP contribution in [0, 0.1) is 27.7 Å². The van der Waals surface area contributed by atoms with Crippen LogP contribution in [0.2, 0.25) is 0 Å². The molecule has 0 amide bonds. The van der Waals surface area contributed by atoms with Gasteiger partial charge in [0, 0.05) is 29.9 Å². The van der Waals surface area contributed by atoms with Gasteiger partial charge in [-0.2, -0.15) is 0 Å². The number of hydrogen-bond donors (Lipinski definition) is 1. The molecular formula is C22H26N4O. The monoisotopic (exact) mass is 362 g/mol. The number of aryl methyl sites for hydroxylation is 4. The predicted molar refractivity (Wildman–Crippen MR) is 110 cm³/mol. The van der Waals surface area contributed by atoms with Crippen molar-refractivity contribution in [2.45, 2.75) is 34.3 Å². The van der Waals surface area contributed by atoms with Gasteiger partial charge in [-0.1, -0.05) is 12.1 Å². The molecule has 2 aromatic heterocycles. The van der Waals surface area contributed by atoms with Crippen molar-refractivity contribution in [2.75, 3.05) is 12.1 Å². The number of anilines is 1. The third-order valence-corrected chi connectivity index (χ3v) is 4.67. The topological polar surface area (TPSA) is 64.3 Å². The van der Waals surface area contributed by atoms with Crippen LogP contribution < -0.4 is 15.6 Å². The zero-order chi connectivity index (χ0) is 19.6. The zero-order valence-corrected chi connectivity index (χ0v) is 16.6. The summed E-state index contributed by atoms with van der Waals surface area (Å²) in [5.74, 6) is 6.59. The summed E-state index contributed by atoms with van der Waals surface area (Å²) in [6, 6.07) is 12.2. The van der Waals surface area contributed by atoms with E-state index in [4.69, 9.17) is 15.6 Å². The Morgan fingerprint density at radius 2 is 1.81 bits per heavy atom. The maximum absolute atomic E-state index is 6.08. The molecule has 0 fully saturated rings. The van der Waals surface area contributed by atoms with E-state index in [0.717, 1.165) is 39.3 Å². The Balaban J connectivity index is 1.89. The highest BCUT2D eigenvalue weighted by Gasteiger charge is 2.13. The third kappa shape index (κ3) is 4.09. The van der Waals surface area contributed by atoms with E-state index in [0.29, 0.717) is 12.5 Å². The summed E-state index contributed by atoms with van der Waals surface area (Å²) in [6.07, 6.45) is 1.83. The van der Waals surface area contributed by atoms with Gasteiger partial charge in [0.1, 0.15) is 6.61 Å². The van der Waals surface area contributed by atoms with Crippen molar-refractivity contribution < 1.29 is 4.74 Å². The Morgan fingerprint density at radius 1 is 1.04 bits per heavy atom. The summed E-state index contributed by atoms with van der Waals surface area (Å²) >= 11 is 0. The molecule has 3 rings (SSSR count). The highest BCUT2D eigenvalue weighted by atomic mass is 16.5. The fourth-order valence-electron chi connectivity index (χ4n) is 3.12. The van der Waals surface area contributed by atoms with E-state index in [1.54, 1.807) is 5.01 Å². The van der Waals surface area contributed by atoms with E-state index in [1.165, 1.54) is 5.56 Å². The number of nitrogens with two attached hydrogens (primary N) is 1. The molecule has 0 spiro atoms. The summed E-state index contributed by atoms with van der Waals surface area (Å²) in [4.78, 5) is 9.17. The molecule has 0 aliphatic heterocycles. The second-order valence-corrected chi connectivity index (χ2v) is 6.93. The minimum absolute atomic E-state index is 0.416. The molecule has 0 atom stereocenters. The van der Waals surface area contributed by atoms with Crippen LogP contribution in [0.5, 0.6) is 5.88 Å². The molecule has 0 unspecified atom stereocenters. The number of pyridine rings is 2. The average Bonchev–Trinajstić information content (AvgIpc) is 2.62. The quantitative estimate of drug-likeness (QED) is 0.542. The third-order valence-electron chi connectivity index (χ3n) is 4.67. The van der Waals surface area contributed by atoms with Gasteiger partial charge in [0.2, 0.25) is 5.88 Å². The first-order valence-corrected chi connectivity index (χ1v) is 8.98. The molecule has 3 aromatic rings. The minimum Gasteiger partial charge on any atom is -0.473 e. The molecule has 2 heterocycles. The molecule has 1 aromatic carbocycles. The fourth-order valence-corrected chi connectivity index (χ4v) is 3.12. The van der Waals surface area contributed by atoms with Gasteiger partial charge in [-0.15, -0.1) is 0 Å². The number of benzene rings is 1. The molecule has 2 N–H and O–H groups in total. The van der Waals surface area contributed by atoms with Gasteiger partial charge in [-0.3, -0.25) is 4.98 Å². The summed E-state index contributed by atoms with van der Waals surface area (Å²) < 4.78 is 6.08. The first kappa shape index (κ1) is 18.9. The minimum atomic E-state index is 0.416. The van der Waals surface area contributed by atoms with Gasteiger partial charge in [-0.05, 0) is 63.1 Å². The van der Waals surface area contributed by atoms with Crippen LogP contribution in [0.4, 0.5) is 5.69 Å². The van der Waals surface area contributed by atoms with Crippen molar-refractivity contribution in [2.24, 2.45) is 5.84 Å². The maximum Gasteiger partial charge on any atom is 0.216 e. The Morgan fingerprint density at radius 3 is 2.52 bits per heavy atom. The molecule has 5 heteroatoms. The molecule has 0 aliphatic rings. The second kappa shape index (κ2) is 7.76. The summed E-state index contributed by atoms with van der Waals surface area (Å²) in [5, 5.41) is 1.61. The Labute approximate surface area is 160 Å². The van der Waals surface area contributed by atoms with Crippen molar-refractivity contribution in [1.29, 1.82) is 0 Å². The number of rotatable bonds is 5. The lowest BCUT2D eigenvalue weighted by Gasteiger charge is -2.19. The van der Waals surface area contributed by atoms with E-state index in [9.17, 15) is 0 Å². The van der Waals surface area contributed by atoms with E-state index in [1.807, 2.05) is 45.3 Å². The van der Waals surface area contributed by atoms with E-state index < -0.39 is 0 Å². The van der Waals surface area contributed by atoms with Crippen molar-refractivity contribution in [3.05, 3.63) is 70.5 Å². The first-order valence-electron chi connectivity index (χ1n) is 8.98. The second-order valence-electron chi connectivity index (χ2n) is 6.93. The molecule has 0 saturated carbocycles. The smallest absolute Gasteiger partial charge is 0.216 e.